The summed E-state index contributed by atoms with van der Waals surface area (Å²) in [7, 11) is 0. The van der Waals surface area contributed by atoms with E-state index in [2.05, 4.69) is 10.3 Å². The third-order valence-electron chi connectivity index (χ3n) is 3.47. The summed E-state index contributed by atoms with van der Waals surface area (Å²) >= 11 is 6.14. The lowest BCUT2D eigenvalue weighted by molar-refractivity contribution is 0.0951. The molecule has 0 aliphatic heterocycles. The third-order valence-corrected chi connectivity index (χ3v) is 3.78. The monoisotopic (exact) mass is 322 g/mol. The molecule has 1 aromatic heterocycles. The predicted molar refractivity (Wildman–Crippen MR) is 92.3 cm³/mol. The van der Waals surface area contributed by atoms with Crippen LogP contribution in [-0.2, 0) is 6.54 Å². The molecule has 3 aromatic rings. The Morgan fingerprint density at radius 2 is 1.70 bits per heavy atom. The molecule has 0 atom stereocenters. The van der Waals surface area contributed by atoms with Crippen LogP contribution in [0.3, 0.4) is 0 Å². The van der Waals surface area contributed by atoms with Crippen molar-refractivity contribution < 1.29 is 4.79 Å². The Morgan fingerprint density at radius 3 is 2.39 bits per heavy atom. The molecular formula is C19H15ClN2O. The van der Waals surface area contributed by atoms with Crippen molar-refractivity contribution in [1.29, 1.82) is 0 Å². The lowest BCUT2D eigenvalue weighted by atomic mass is 10.1. The molecule has 0 saturated heterocycles. The number of hydrogen-bond donors (Lipinski definition) is 1. The molecule has 1 N–H and O–H groups in total. The fraction of sp³-hybridized carbons (Fsp3) is 0.0526. The summed E-state index contributed by atoms with van der Waals surface area (Å²) in [6.07, 6.45) is 1.70. The summed E-state index contributed by atoms with van der Waals surface area (Å²) in [4.78, 5) is 16.4. The highest BCUT2D eigenvalue weighted by molar-refractivity contribution is 6.33. The van der Waals surface area contributed by atoms with Gasteiger partial charge in [-0.1, -0.05) is 54.1 Å². The number of amides is 1. The van der Waals surface area contributed by atoms with E-state index in [-0.39, 0.29) is 5.91 Å². The number of benzene rings is 2. The van der Waals surface area contributed by atoms with E-state index in [1.807, 2.05) is 42.5 Å². The van der Waals surface area contributed by atoms with Gasteiger partial charge in [0.25, 0.3) is 5.91 Å². The van der Waals surface area contributed by atoms with E-state index < -0.39 is 0 Å². The molecule has 1 heterocycles. The molecule has 2 aromatic carbocycles. The van der Waals surface area contributed by atoms with E-state index in [1.165, 1.54) is 0 Å². The number of aromatic nitrogens is 1. The van der Waals surface area contributed by atoms with Crippen LogP contribution in [0.5, 0.6) is 0 Å². The van der Waals surface area contributed by atoms with Crippen LogP contribution >= 0.6 is 11.6 Å². The average Bonchev–Trinajstić information content (AvgIpc) is 2.61. The number of rotatable bonds is 4. The standard InChI is InChI=1S/C19H15ClN2O/c20-17-7-4-12-21-18(17)15-8-10-16(11-9-15)19(23)22-13-14-5-2-1-3-6-14/h1-12H,13H2,(H,22,23). The molecule has 4 heteroatoms. The van der Waals surface area contributed by atoms with Gasteiger partial charge in [-0.15, -0.1) is 0 Å². The summed E-state index contributed by atoms with van der Waals surface area (Å²) in [6.45, 7) is 0.507. The van der Waals surface area contributed by atoms with Gasteiger partial charge in [0, 0.05) is 23.9 Å². The number of carbonyl (C=O) groups excluding carboxylic acids is 1. The smallest absolute Gasteiger partial charge is 0.251 e. The van der Waals surface area contributed by atoms with Gasteiger partial charge in [-0.25, -0.2) is 0 Å². The molecule has 0 spiro atoms. The Labute approximate surface area is 140 Å². The molecule has 0 saturated carbocycles. The lowest BCUT2D eigenvalue weighted by Gasteiger charge is -2.07. The van der Waals surface area contributed by atoms with Gasteiger partial charge < -0.3 is 5.32 Å². The Balaban J connectivity index is 1.70. The lowest BCUT2D eigenvalue weighted by Crippen LogP contribution is -2.22. The minimum atomic E-state index is -0.104. The van der Waals surface area contributed by atoms with Gasteiger partial charge in [-0.2, -0.15) is 0 Å². The highest BCUT2D eigenvalue weighted by Crippen LogP contribution is 2.25. The third kappa shape index (κ3) is 3.76. The minimum Gasteiger partial charge on any atom is -0.348 e. The second kappa shape index (κ2) is 7.07. The topological polar surface area (TPSA) is 42.0 Å². The van der Waals surface area contributed by atoms with Crippen LogP contribution in [0.25, 0.3) is 11.3 Å². The molecule has 0 fully saturated rings. The summed E-state index contributed by atoms with van der Waals surface area (Å²) in [5.41, 5.74) is 3.27. The van der Waals surface area contributed by atoms with Gasteiger partial charge in [0.05, 0.1) is 10.7 Å². The Bertz CT molecular complexity index is 801. The largest absolute Gasteiger partial charge is 0.348 e. The first-order valence-electron chi connectivity index (χ1n) is 7.27. The first kappa shape index (κ1) is 15.3. The van der Waals surface area contributed by atoms with Crippen molar-refractivity contribution in [1.82, 2.24) is 10.3 Å². The van der Waals surface area contributed by atoms with E-state index in [1.54, 1.807) is 30.5 Å². The van der Waals surface area contributed by atoms with Crippen LogP contribution in [0.2, 0.25) is 5.02 Å². The molecular weight excluding hydrogens is 308 g/mol. The van der Waals surface area contributed by atoms with Crippen molar-refractivity contribution >= 4 is 17.5 Å². The maximum absolute atomic E-state index is 12.2. The Morgan fingerprint density at radius 1 is 0.957 bits per heavy atom. The number of pyridine rings is 1. The molecule has 0 aliphatic carbocycles. The Hall–Kier alpha value is -2.65. The van der Waals surface area contributed by atoms with Gasteiger partial charge in [0.1, 0.15) is 0 Å². The van der Waals surface area contributed by atoms with Gasteiger partial charge in [-0.05, 0) is 29.8 Å². The van der Waals surface area contributed by atoms with Crippen molar-refractivity contribution in [3.63, 3.8) is 0 Å². The molecule has 23 heavy (non-hydrogen) atoms. The second-order valence-electron chi connectivity index (χ2n) is 5.08. The van der Waals surface area contributed by atoms with Gasteiger partial charge in [0.2, 0.25) is 0 Å². The van der Waals surface area contributed by atoms with Crippen LogP contribution in [0.4, 0.5) is 0 Å². The highest BCUT2D eigenvalue weighted by atomic mass is 35.5. The number of nitrogens with one attached hydrogen (secondary N) is 1. The van der Waals surface area contributed by atoms with Crippen molar-refractivity contribution in [2.75, 3.05) is 0 Å². The summed E-state index contributed by atoms with van der Waals surface area (Å²) in [5.74, 6) is -0.104. The van der Waals surface area contributed by atoms with E-state index in [4.69, 9.17) is 11.6 Å². The number of carbonyl (C=O) groups is 1. The van der Waals surface area contributed by atoms with Crippen LogP contribution in [0, 0.1) is 0 Å². The molecule has 3 nitrogen and oxygen atoms in total. The van der Waals surface area contributed by atoms with E-state index in [0.717, 1.165) is 11.1 Å². The fourth-order valence-corrected chi connectivity index (χ4v) is 2.49. The SMILES string of the molecule is O=C(NCc1ccccc1)c1ccc(-c2ncccc2Cl)cc1. The van der Waals surface area contributed by atoms with Crippen molar-refractivity contribution in [2.45, 2.75) is 6.54 Å². The van der Waals surface area contributed by atoms with Gasteiger partial charge in [-0.3, -0.25) is 9.78 Å². The van der Waals surface area contributed by atoms with Crippen molar-refractivity contribution in [2.24, 2.45) is 0 Å². The maximum Gasteiger partial charge on any atom is 0.251 e. The normalized spacial score (nSPS) is 10.3. The van der Waals surface area contributed by atoms with Crippen LogP contribution in [0.15, 0.2) is 72.9 Å². The Kier molecular flexibility index (Phi) is 4.69. The van der Waals surface area contributed by atoms with E-state index in [9.17, 15) is 4.79 Å². The minimum absolute atomic E-state index is 0.104. The number of nitrogens with zero attached hydrogens (tertiary/aromatic N) is 1. The second-order valence-corrected chi connectivity index (χ2v) is 5.49. The zero-order chi connectivity index (χ0) is 16.1. The summed E-state index contributed by atoms with van der Waals surface area (Å²) < 4.78 is 0. The highest BCUT2D eigenvalue weighted by Gasteiger charge is 2.08. The zero-order valence-corrected chi connectivity index (χ0v) is 13.1. The van der Waals surface area contributed by atoms with Gasteiger partial charge >= 0.3 is 0 Å². The van der Waals surface area contributed by atoms with Gasteiger partial charge in [0.15, 0.2) is 0 Å². The first-order chi connectivity index (χ1) is 11.2. The molecule has 3 rings (SSSR count). The number of hydrogen-bond acceptors (Lipinski definition) is 2. The summed E-state index contributed by atoms with van der Waals surface area (Å²) in [6, 6.07) is 20.7. The van der Waals surface area contributed by atoms with E-state index in [0.29, 0.717) is 22.8 Å². The van der Waals surface area contributed by atoms with Crippen molar-refractivity contribution in [3.05, 3.63) is 89.1 Å². The number of halogens is 1. The maximum atomic E-state index is 12.2. The molecule has 1 amide bonds. The van der Waals surface area contributed by atoms with Crippen LogP contribution < -0.4 is 5.32 Å². The average molecular weight is 323 g/mol. The first-order valence-corrected chi connectivity index (χ1v) is 7.65. The molecule has 114 valence electrons. The zero-order valence-electron chi connectivity index (χ0n) is 12.4. The molecule has 0 radical (unpaired) electrons. The molecule has 0 unspecified atom stereocenters. The predicted octanol–water partition coefficient (Wildman–Crippen LogP) is 4.33. The quantitative estimate of drug-likeness (QED) is 0.776. The van der Waals surface area contributed by atoms with Crippen LogP contribution in [0.1, 0.15) is 15.9 Å². The van der Waals surface area contributed by atoms with E-state index >= 15 is 0 Å². The fourth-order valence-electron chi connectivity index (χ4n) is 2.26. The summed E-state index contributed by atoms with van der Waals surface area (Å²) in [5, 5.41) is 3.50. The van der Waals surface area contributed by atoms with Crippen molar-refractivity contribution in [3.8, 4) is 11.3 Å². The molecule has 0 aliphatic rings. The van der Waals surface area contributed by atoms with Crippen LogP contribution in [-0.4, -0.2) is 10.9 Å². The molecule has 0 bridgehead atoms.